The van der Waals surface area contributed by atoms with E-state index < -0.39 is 17.0 Å². The minimum Gasteiger partial charge on any atom is -0.464 e. The third-order valence-electron chi connectivity index (χ3n) is 2.69. The van der Waals surface area contributed by atoms with Crippen molar-refractivity contribution in [2.45, 2.75) is 19.4 Å². The molecule has 1 aromatic rings. The summed E-state index contributed by atoms with van der Waals surface area (Å²) in [5.41, 5.74) is -0.206. The molecule has 0 aliphatic heterocycles. The van der Waals surface area contributed by atoms with Gasteiger partial charge in [0, 0.05) is 19.7 Å². The Balaban J connectivity index is 3.11. The fourth-order valence-corrected chi connectivity index (χ4v) is 1.57. The van der Waals surface area contributed by atoms with Gasteiger partial charge in [-0.15, -0.1) is 0 Å². The normalized spacial score (nSPS) is 11.8. The van der Waals surface area contributed by atoms with Crippen LogP contribution in [0.1, 0.15) is 23.8 Å². The van der Waals surface area contributed by atoms with E-state index in [9.17, 15) is 20.0 Å². The first kappa shape index (κ1) is 15.8. The Morgan fingerprint density at radius 2 is 2.25 bits per heavy atom. The van der Waals surface area contributed by atoms with Gasteiger partial charge in [-0.2, -0.15) is 0 Å². The summed E-state index contributed by atoms with van der Waals surface area (Å²) in [4.78, 5) is 27.3. The first-order valence-electron chi connectivity index (χ1n) is 5.99. The van der Waals surface area contributed by atoms with E-state index >= 15 is 0 Å². The number of carbonyl (C=O) groups is 1. The molecule has 1 rings (SSSR count). The number of esters is 1. The minimum atomic E-state index is -0.662. The summed E-state index contributed by atoms with van der Waals surface area (Å²) in [5, 5.41) is 20.2. The Labute approximate surface area is 116 Å². The van der Waals surface area contributed by atoms with Crippen LogP contribution in [0, 0.1) is 10.1 Å². The van der Waals surface area contributed by atoms with Crippen LogP contribution in [0.5, 0.6) is 0 Å². The van der Waals surface area contributed by atoms with E-state index in [0.29, 0.717) is 13.0 Å². The van der Waals surface area contributed by atoms with Crippen molar-refractivity contribution in [3.63, 3.8) is 0 Å². The Morgan fingerprint density at radius 3 is 2.75 bits per heavy atom. The summed E-state index contributed by atoms with van der Waals surface area (Å²) in [6, 6.07) is 2.46. The lowest BCUT2D eigenvalue weighted by molar-refractivity contribution is -0.384. The molecule has 8 nitrogen and oxygen atoms in total. The molecule has 0 amide bonds. The standard InChI is InChI=1S/C12H17N3O5/c1-8(16)6-7-14(2)11-10(15(18)19)5-4-9(13-11)12(17)20-3/h4-5,8,16H,6-7H2,1-3H3. The van der Waals surface area contributed by atoms with Gasteiger partial charge in [0.15, 0.2) is 5.69 Å². The maximum absolute atomic E-state index is 11.4. The molecular weight excluding hydrogens is 266 g/mol. The van der Waals surface area contributed by atoms with Crippen molar-refractivity contribution >= 4 is 17.5 Å². The van der Waals surface area contributed by atoms with Crippen LogP contribution >= 0.6 is 0 Å². The number of rotatable bonds is 6. The zero-order chi connectivity index (χ0) is 15.3. The molecule has 0 aliphatic carbocycles. The van der Waals surface area contributed by atoms with Gasteiger partial charge in [0.25, 0.3) is 0 Å². The van der Waals surface area contributed by atoms with Crippen molar-refractivity contribution < 1.29 is 19.6 Å². The lowest BCUT2D eigenvalue weighted by Gasteiger charge is -2.19. The van der Waals surface area contributed by atoms with Gasteiger partial charge < -0.3 is 14.7 Å². The van der Waals surface area contributed by atoms with Gasteiger partial charge in [-0.05, 0) is 19.4 Å². The molecule has 1 aromatic heterocycles. The van der Waals surface area contributed by atoms with Crippen LogP contribution in [0.25, 0.3) is 0 Å². The lowest BCUT2D eigenvalue weighted by atomic mass is 10.2. The zero-order valence-corrected chi connectivity index (χ0v) is 11.6. The second-order valence-electron chi connectivity index (χ2n) is 4.35. The number of carbonyl (C=O) groups excluding carboxylic acids is 1. The number of aromatic nitrogens is 1. The largest absolute Gasteiger partial charge is 0.464 e. The lowest BCUT2D eigenvalue weighted by Crippen LogP contribution is -2.24. The molecule has 1 N–H and O–H groups in total. The van der Waals surface area contributed by atoms with E-state index in [1.807, 2.05) is 0 Å². The average molecular weight is 283 g/mol. The molecular formula is C12H17N3O5. The van der Waals surface area contributed by atoms with Gasteiger partial charge in [-0.1, -0.05) is 0 Å². The van der Waals surface area contributed by atoms with E-state index in [-0.39, 0.29) is 17.2 Å². The van der Waals surface area contributed by atoms with Crippen molar-refractivity contribution in [2.75, 3.05) is 25.6 Å². The summed E-state index contributed by atoms with van der Waals surface area (Å²) >= 11 is 0. The molecule has 8 heteroatoms. The molecule has 1 unspecified atom stereocenters. The molecule has 1 atom stereocenters. The van der Waals surface area contributed by atoms with Crippen molar-refractivity contribution in [1.29, 1.82) is 0 Å². The highest BCUT2D eigenvalue weighted by Crippen LogP contribution is 2.25. The number of pyridine rings is 1. The number of hydrogen-bond acceptors (Lipinski definition) is 7. The number of anilines is 1. The summed E-state index contributed by atoms with van der Waals surface area (Å²) in [7, 11) is 2.82. The number of nitrogens with zero attached hydrogens (tertiary/aromatic N) is 3. The molecule has 0 aromatic carbocycles. The average Bonchev–Trinajstić information content (AvgIpc) is 2.42. The maximum Gasteiger partial charge on any atom is 0.356 e. The molecule has 0 spiro atoms. The fraction of sp³-hybridized carbons (Fsp3) is 0.500. The van der Waals surface area contributed by atoms with Crippen molar-refractivity contribution in [2.24, 2.45) is 0 Å². The smallest absolute Gasteiger partial charge is 0.356 e. The van der Waals surface area contributed by atoms with Crippen LogP contribution in [-0.4, -0.2) is 47.8 Å². The van der Waals surface area contributed by atoms with E-state index in [2.05, 4.69) is 9.72 Å². The predicted octanol–water partition coefficient (Wildman–Crippen LogP) is 0.983. The van der Waals surface area contributed by atoms with E-state index in [0.717, 1.165) is 0 Å². The van der Waals surface area contributed by atoms with Gasteiger partial charge >= 0.3 is 11.7 Å². The summed E-state index contributed by atoms with van der Waals surface area (Å²) in [6.07, 6.45) is -0.0991. The zero-order valence-electron chi connectivity index (χ0n) is 11.6. The second-order valence-corrected chi connectivity index (χ2v) is 4.35. The molecule has 0 saturated carbocycles. The second kappa shape index (κ2) is 6.80. The number of methoxy groups -OCH3 is 1. The molecule has 1 heterocycles. The van der Waals surface area contributed by atoms with Gasteiger partial charge in [-0.25, -0.2) is 9.78 Å². The van der Waals surface area contributed by atoms with Crippen LogP contribution in [0.2, 0.25) is 0 Å². The summed E-state index contributed by atoms with van der Waals surface area (Å²) < 4.78 is 4.54. The SMILES string of the molecule is COC(=O)c1ccc([N+](=O)[O-])c(N(C)CCC(C)O)n1. The molecule has 0 radical (unpaired) electrons. The van der Waals surface area contributed by atoms with Crippen molar-refractivity contribution in [3.05, 3.63) is 27.9 Å². The maximum atomic E-state index is 11.4. The molecule has 0 aliphatic rings. The molecule has 110 valence electrons. The van der Waals surface area contributed by atoms with Crippen molar-refractivity contribution in [1.82, 2.24) is 4.98 Å². The quantitative estimate of drug-likeness (QED) is 0.471. The number of aliphatic hydroxyl groups excluding tert-OH is 1. The first-order chi connectivity index (χ1) is 9.36. The number of nitro groups is 1. The number of aliphatic hydroxyl groups is 1. The minimum absolute atomic E-state index is 0.00278. The van der Waals surface area contributed by atoms with Crippen LogP contribution < -0.4 is 4.90 Å². The Morgan fingerprint density at radius 1 is 1.60 bits per heavy atom. The predicted molar refractivity (Wildman–Crippen MR) is 71.8 cm³/mol. The van der Waals surface area contributed by atoms with Gasteiger partial charge in [0.2, 0.25) is 5.82 Å². The van der Waals surface area contributed by atoms with Crippen LogP contribution in [0.15, 0.2) is 12.1 Å². The Bertz CT molecular complexity index is 504. The monoisotopic (exact) mass is 283 g/mol. The van der Waals surface area contributed by atoms with Crippen LogP contribution in [-0.2, 0) is 4.74 Å². The molecule has 0 fully saturated rings. The third-order valence-corrected chi connectivity index (χ3v) is 2.69. The Kier molecular flexibility index (Phi) is 5.39. The van der Waals surface area contributed by atoms with E-state index in [1.165, 1.54) is 24.1 Å². The summed E-state index contributed by atoms with van der Waals surface area (Å²) in [6.45, 7) is 2.00. The van der Waals surface area contributed by atoms with E-state index in [1.54, 1.807) is 14.0 Å². The summed E-state index contributed by atoms with van der Waals surface area (Å²) in [5.74, 6) is -0.594. The molecule has 0 bridgehead atoms. The molecule has 0 saturated heterocycles. The highest BCUT2D eigenvalue weighted by Gasteiger charge is 2.22. The third kappa shape index (κ3) is 3.89. The van der Waals surface area contributed by atoms with Crippen LogP contribution in [0.4, 0.5) is 11.5 Å². The highest BCUT2D eigenvalue weighted by molar-refractivity contribution is 5.88. The fourth-order valence-electron chi connectivity index (χ4n) is 1.57. The van der Waals surface area contributed by atoms with Gasteiger partial charge in [0.1, 0.15) is 0 Å². The van der Waals surface area contributed by atoms with Crippen LogP contribution in [0.3, 0.4) is 0 Å². The van der Waals surface area contributed by atoms with E-state index in [4.69, 9.17) is 0 Å². The Hall–Kier alpha value is -2.22. The van der Waals surface area contributed by atoms with Crippen molar-refractivity contribution in [3.8, 4) is 0 Å². The topological polar surface area (TPSA) is 106 Å². The van der Waals surface area contributed by atoms with Gasteiger partial charge in [0.05, 0.1) is 18.1 Å². The number of hydrogen-bond donors (Lipinski definition) is 1. The highest BCUT2D eigenvalue weighted by atomic mass is 16.6. The van der Waals surface area contributed by atoms with Gasteiger partial charge in [-0.3, -0.25) is 10.1 Å². The number of ether oxygens (including phenoxy) is 1. The molecule has 20 heavy (non-hydrogen) atoms. The first-order valence-corrected chi connectivity index (χ1v) is 5.99.